The van der Waals surface area contributed by atoms with Gasteiger partial charge in [-0.05, 0) is 29.6 Å². The molecule has 0 bridgehead atoms. The van der Waals surface area contributed by atoms with Gasteiger partial charge in [-0.1, -0.05) is 22.0 Å². The first kappa shape index (κ1) is 12.5. The fourth-order valence-corrected chi connectivity index (χ4v) is 2.53. The molecule has 0 aliphatic heterocycles. The van der Waals surface area contributed by atoms with Crippen LogP contribution < -0.4 is 10.5 Å². The van der Waals surface area contributed by atoms with Crippen molar-refractivity contribution >= 4 is 27.3 Å². The highest BCUT2D eigenvalue weighted by molar-refractivity contribution is 9.10. The number of benzene rings is 1. The molecule has 1 unspecified atom stereocenters. The number of hydrogen-bond donors (Lipinski definition) is 1. The summed E-state index contributed by atoms with van der Waals surface area (Å²) in [5.41, 5.74) is 5.65. The first-order valence-corrected chi connectivity index (χ1v) is 6.73. The quantitative estimate of drug-likeness (QED) is 0.933. The van der Waals surface area contributed by atoms with Crippen LogP contribution in [0.2, 0.25) is 0 Å². The van der Waals surface area contributed by atoms with Crippen molar-refractivity contribution in [2.75, 3.05) is 6.54 Å². The second-order valence-corrected chi connectivity index (χ2v) is 5.33. The van der Waals surface area contributed by atoms with Gasteiger partial charge in [0.1, 0.15) is 6.10 Å². The van der Waals surface area contributed by atoms with Gasteiger partial charge in [0.05, 0.1) is 0 Å². The molecule has 90 valence electrons. The van der Waals surface area contributed by atoms with E-state index < -0.39 is 0 Å². The number of nitrogens with two attached hydrogens (primary N) is 1. The minimum Gasteiger partial charge on any atom is -0.480 e. The molecule has 1 aromatic heterocycles. The fraction of sp³-hybridized carbons (Fsp3) is 0.167. The summed E-state index contributed by atoms with van der Waals surface area (Å²) in [5.74, 6) is -0.175. The Morgan fingerprint density at radius 1 is 1.41 bits per heavy atom. The summed E-state index contributed by atoms with van der Waals surface area (Å²) in [6, 6.07) is 8.44. The van der Waals surface area contributed by atoms with E-state index in [1.54, 1.807) is 23.5 Å². The van der Waals surface area contributed by atoms with Crippen molar-refractivity contribution in [3.8, 4) is 5.75 Å². The highest BCUT2D eigenvalue weighted by Crippen LogP contribution is 2.28. The molecule has 0 saturated carbocycles. The van der Waals surface area contributed by atoms with Gasteiger partial charge in [-0.3, -0.25) is 0 Å². The van der Waals surface area contributed by atoms with Crippen molar-refractivity contribution in [2.45, 2.75) is 6.10 Å². The summed E-state index contributed by atoms with van der Waals surface area (Å²) >= 11 is 4.83. The minimum absolute atomic E-state index is 0.211. The van der Waals surface area contributed by atoms with E-state index in [2.05, 4.69) is 15.9 Å². The van der Waals surface area contributed by atoms with Crippen LogP contribution in [-0.2, 0) is 0 Å². The molecule has 1 atom stereocenters. The summed E-state index contributed by atoms with van der Waals surface area (Å²) in [6.45, 7) is 0.312. The normalized spacial score (nSPS) is 12.4. The van der Waals surface area contributed by atoms with E-state index in [1.807, 2.05) is 17.5 Å². The van der Waals surface area contributed by atoms with E-state index in [-0.39, 0.29) is 17.7 Å². The summed E-state index contributed by atoms with van der Waals surface area (Å²) in [6.07, 6.45) is -0.307. The molecule has 0 fully saturated rings. The molecule has 17 heavy (non-hydrogen) atoms. The van der Waals surface area contributed by atoms with Crippen LogP contribution in [0.1, 0.15) is 11.0 Å². The van der Waals surface area contributed by atoms with Gasteiger partial charge >= 0.3 is 0 Å². The fourth-order valence-electron chi connectivity index (χ4n) is 1.42. The molecule has 1 heterocycles. The number of thiophene rings is 1. The molecule has 2 nitrogen and oxygen atoms in total. The van der Waals surface area contributed by atoms with Crippen LogP contribution >= 0.6 is 27.3 Å². The third-order valence-electron chi connectivity index (χ3n) is 2.24. The van der Waals surface area contributed by atoms with Crippen LogP contribution in [0.25, 0.3) is 0 Å². The van der Waals surface area contributed by atoms with Crippen molar-refractivity contribution < 1.29 is 9.13 Å². The van der Waals surface area contributed by atoms with E-state index >= 15 is 0 Å². The van der Waals surface area contributed by atoms with Crippen LogP contribution in [0, 0.1) is 5.82 Å². The number of rotatable bonds is 4. The summed E-state index contributed by atoms with van der Waals surface area (Å²) in [7, 11) is 0. The largest absolute Gasteiger partial charge is 0.480 e. The van der Waals surface area contributed by atoms with Crippen molar-refractivity contribution in [3.63, 3.8) is 0 Å². The molecule has 2 rings (SSSR count). The first-order valence-electron chi connectivity index (χ1n) is 5.06. The van der Waals surface area contributed by atoms with Gasteiger partial charge < -0.3 is 10.5 Å². The van der Waals surface area contributed by atoms with Gasteiger partial charge in [0.2, 0.25) is 0 Å². The zero-order valence-corrected chi connectivity index (χ0v) is 11.3. The smallest absolute Gasteiger partial charge is 0.165 e. The second-order valence-electron chi connectivity index (χ2n) is 3.43. The zero-order valence-electron chi connectivity index (χ0n) is 8.90. The molecule has 0 radical (unpaired) electrons. The molecule has 0 amide bonds. The maximum absolute atomic E-state index is 13.5. The van der Waals surface area contributed by atoms with Gasteiger partial charge in [-0.2, -0.15) is 0 Å². The van der Waals surface area contributed by atoms with E-state index in [0.717, 1.165) is 9.35 Å². The maximum Gasteiger partial charge on any atom is 0.165 e. The number of hydrogen-bond acceptors (Lipinski definition) is 3. The molecule has 2 aromatic rings. The number of ether oxygens (including phenoxy) is 1. The topological polar surface area (TPSA) is 35.2 Å². The zero-order chi connectivity index (χ0) is 12.3. The summed E-state index contributed by atoms with van der Waals surface area (Å²) in [5, 5.41) is 1.94. The summed E-state index contributed by atoms with van der Waals surface area (Å²) < 4.78 is 19.9. The monoisotopic (exact) mass is 315 g/mol. The highest BCUT2D eigenvalue weighted by atomic mass is 79.9. The lowest BCUT2D eigenvalue weighted by molar-refractivity contribution is 0.208. The van der Waals surface area contributed by atoms with Gasteiger partial charge in [0.15, 0.2) is 11.6 Å². The summed E-state index contributed by atoms with van der Waals surface area (Å²) in [4.78, 5) is 0.992. The van der Waals surface area contributed by atoms with Crippen molar-refractivity contribution in [1.82, 2.24) is 0 Å². The Labute approximate surface area is 111 Å². The molecular weight excluding hydrogens is 305 g/mol. The lowest BCUT2D eigenvalue weighted by Crippen LogP contribution is -2.17. The lowest BCUT2D eigenvalue weighted by Gasteiger charge is -2.16. The van der Waals surface area contributed by atoms with Crippen LogP contribution in [0.5, 0.6) is 5.75 Å². The van der Waals surface area contributed by atoms with E-state index in [1.165, 1.54) is 6.07 Å². The van der Waals surface area contributed by atoms with Crippen molar-refractivity contribution in [1.29, 1.82) is 0 Å². The highest BCUT2D eigenvalue weighted by Gasteiger charge is 2.15. The van der Waals surface area contributed by atoms with Crippen LogP contribution in [0.15, 0.2) is 40.2 Å². The van der Waals surface area contributed by atoms with Crippen LogP contribution in [0.4, 0.5) is 4.39 Å². The van der Waals surface area contributed by atoms with Gasteiger partial charge in [0, 0.05) is 15.9 Å². The van der Waals surface area contributed by atoms with Crippen molar-refractivity contribution in [3.05, 3.63) is 50.9 Å². The molecule has 0 aliphatic rings. The molecule has 0 spiro atoms. The Bertz CT molecular complexity index is 489. The molecule has 5 heteroatoms. The van der Waals surface area contributed by atoms with Crippen molar-refractivity contribution in [2.24, 2.45) is 5.73 Å². The Morgan fingerprint density at radius 2 is 2.24 bits per heavy atom. The van der Waals surface area contributed by atoms with Gasteiger partial charge in [0.25, 0.3) is 0 Å². The Morgan fingerprint density at radius 3 is 2.88 bits per heavy atom. The maximum atomic E-state index is 13.5. The SMILES string of the molecule is NCC(Oc1cc(Br)ccc1F)c1cccs1. The Balaban J connectivity index is 2.21. The van der Waals surface area contributed by atoms with E-state index in [0.29, 0.717) is 6.54 Å². The van der Waals surface area contributed by atoms with Gasteiger partial charge in [-0.15, -0.1) is 11.3 Å². The predicted molar refractivity (Wildman–Crippen MR) is 70.8 cm³/mol. The average molecular weight is 316 g/mol. The number of halogens is 2. The molecular formula is C12H11BrFNOS. The predicted octanol–water partition coefficient (Wildman–Crippen LogP) is 3.73. The second kappa shape index (κ2) is 5.62. The Hall–Kier alpha value is -0.910. The van der Waals surface area contributed by atoms with E-state index in [9.17, 15) is 4.39 Å². The standard InChI is InChI=1S/C12H11BrFNOS/c13-8-3-4-9(14)10(6-8)16-11(7-15)12-2-1-5-17-12/h1-6,11H,7,15H2. The molecule has 0 saturated heterocycles. The van der Waals surface area contributed by atoms with Crippen LogP contribution in [-0.4, -0.2) is 6.54 Å². The molecule has 0 aliphatic carbocycles. The van der Waals surface area contributed by atoms with Crippen LogP contribution in [0.3, 0.4) is 0 Å². The lowest BCUT2D eigenvalue weighted by atomic mass is 10.2. The van der Waals surface area contributed by atoms with Gasteiger partial charge in [-0.25, -0.2) is 4.39 Å². The third-order valence-corrected chi connectivity index (χ3v) is 3.69. The molecule has 2 N–H and O–H groups in total. The van der Waals surface area contributed by atoms with E-state index in [4.69, 9.17) is 10.5 Å². The minimum atomic E-state index is -0.386. The Kier molecular flexibility index (Phi) is 4.15. The average Bonchev–Trinajstić information content (AvgIpc) is 2.84. The first-order chi connectivity index (χ1) is 8.20. The molecule has 1 aromatic carbocycles. The third kappa shape index (κ3) is 3.06.